The number of hydrogen-bond acceptors (Lipinski definition) is 6. The van der Waals surface area contributed by atoms with Gasteiger partial charge in [-0.2, -0.15) is 4.98 Å². The van der Waals surface area contributed by atoms with E-state index in [4.69, 9.17) is 4.52 Å². The third-order valence-electron chi connectivity index (χ3n) is 3.79. The first-order chi connectivity index (χ1) is 11.6. The molecule has 0 aliphatic rings. The number of H-pyrrole nitrogens is 1. The van der Waals surface area contributed by atoms with Crippen LogP contribution in [-0.4, -0.2) is 20.1 Å². The molecule has 3 rings (SSSR count). The molecule has 6 nitrogen and oxygen atoms in total. The Morgan fingerprint density at radius 3 is 2.58 bits per heavy atom. The van der Waals surface area contributed by atoms with Crippen LogP contribution in [0.4, 0.5) is 0 Å². The van der Waals surface area contributed by atoms with Crippen LogP contribution in [0.1, 0.15) is 29.6 Å². The molecule has 0 atom stereocenters. The van der Waals surface area contributed by atoms with Crippen molar-refractivity contribution in [2.24, 2.45) is 0 Å². The van der Waals surface area contributed by atoms with Crippen LogP contribution in [0.15, 0.2) is 38.7 Å². The maximum atomic E-state index is 11.8. The summed E-state index contributed by atoms with van der Waals surface area (Å²) in [4.78, 5) is 23.2. The summed E-state index contributed by atoms with van der Waals surface area (Å²) in [6.45, 7) is 5.69. The molecule has 3 aromatic rings. The average Bonchev–Trinajstić information content (AvgIpc) is 3.07. The minimum atomic E-state index is -0.118. The highest BCUT2D eigenvalue weighted by Crippen LogP contribution is 2.21. The molecular weight excluding hydrogens is 324 g/mol. The van der Waals surface area contributed by atoms with Crippen molar-refractivity contribution in [1.29, 1.82) is 0 Å². The molecule has 0 unspecified atom stereocenters. The van der Waals surface area contributed by atoms with Crippen molar-refractivity contribution in [3.8, 4) is 11.4 Å². The lowest BCUT2D eigenvalue weighted by atomic mass is 10.1. The Morgan fingerprint density at radius 1 is 1.17 bits per heavy atom. The van der Waals surface area contributed by atoms with Gasteiger partial charge in [0.1, 0.15) is 0 Å². The molecule has 0 saturated carbocycles. The molecule has 0 aliphatic heterocycles. The molecule has 0 amide bonds. The molecule has 2 aromatic heterocycles. The monoisotopic (exact) mass is 342 g/mol. The molecule has 1 aromatic carbocycles. The highest BCUT2D eigenvalue weighted by molar-refractivity contribution is 7.98. The van der Waals surface area contributed by atoms with Crippen molar-refractivity contribution >= 4 is 11.8 Å². The summed E-state index contributed by atoms with van der Waals surface area (Å²) in [5.41, 5.74) is 3.43. The van der Waals surface area contributed by atoms with E-state index in [9.17, 15) is 4.79 Å². The van der Waals surface area contributed by atoms with Crippen LogP contribution < -0.4 is 5.56 Å². The molecule has 124 valence electrons. The number of rotatable bonds is 5. The van der Waals surface area contributed by atoms with Crippen LogP contribution in [0, 0.1) is 13.8 Å². The fourth-order valence-corrected chi connectivity index (χ4v) is 2.88. The number of thioether (sulfide) groups is 1. The van der Waals surface area contributed by atoms with E-state index in [-0.39, 0.29) is 5.56 Å². The van der Waals surface area contributed by atoms with E-state index in [1.54, 1.807) is 6.92 Å². The van der Waals surface area contributed by atoms with Gasteiger partial charge in [-0.1, -0.05) is 48.1 Å². The van der Waals surface area contributed by atoms with Crippen LogP contribution in [0.5, 0.6) is 0 Å². The number of nitrogens with zero attached hydrogens (tertiary/aromatic N) is 3. The fraction of sp³-hybridized carbons (Fsp3) is 0.294. The van der Waals surface area contributed by atoms with Gasteiger partial charge in [0, 0.05) is 16.8 Å². The summed E-state index contributed by atoms with van der Waals surface area (Å²) in [7, 11) is 0. The molecule has 0 radical (unpaired) electrons. The first-order valence-corrected chi connectivity index (χ1v) is 8.67. The molecule has 24 heavy (non-hydrogen) atoms. The van der Waals surface area contributed by atoms with Gasteiger partial charge in [0.15, 0.2) is 5.16 Å². The van der Waals surface area contributed by atoms with E-state index in [0.29, 0.717) is 28.2 Å². The van der Waals surface area contributed by atoms with E-state index >= 15 is 0 Å². The highest BCUT2D eigenvalue weighted by atomic mass is 32.2. The predicted octanol–water partition coefficient (Wildman–Crippen LogP) is 3.29. The zero-order chi connectivity index (χ0) is 17.1. The van der Waals surface area contributed by atoms with E-state index in [2.05, 4.69) is 39.2 Å². The summed E-state index contributed by atoms with van der Waals surface area (Å²) in [5.74, 6) is 1.51. The van der Waals surface area contributed by atoms with Crippen LogP contribution in [0.25, 0.3) is 11.4 Å². The first kappa shape index (κ1) is 16.4. The van der Waals surface area contributed by atoms with Gasteiger partial charge in [0.2, 0.25) is 11.7 Å². The number of aryl methyl sites for hydroxylation is 2. The van der Waals surface area contributed by atoms with Crippen molar-refractivity contribution in [3.63, 3.8) is 0 Å². The number of hydrogen-bond donors (Lipinski definition) is 1. The first-order valence-electron chi connectivity index (χ1n) is 7.69. The number of aromatic amines is 1. The van der Waals surface area contributed by atoms with Crippen molar-refractivity contribution in [2.75, 3.05) is 0 Å². The van der Waals surface area contributed by atoms with Gasteiger partial charge < -0.3 is 9.51 Å². The Labute approximate surface area is 143 Å². The topological polar surface area (TPSA) is 84.7 Å². The molecule has 0 aliphatic carbocycles. The van der Waals surface area contributed by atoms with Gasteiger partial charge in [0.05, 0.1) is 5.75 Å². The van der Waals surface area contributed by atoms with Gasteiger partial charge in [-0.05, 0) is 25.8 Å². The SMILES string of the molecule is CCc1ccc(-c2noc(CSc3nc(C)c(C)c(=O)[nH]3)n2)cc1. The largest absolute Gasteiger partial charge is 0.338 e. The Hall–Kier alpha value is -2.41. The predicted molar refractivity (Wildman–Crippen MR) is 93.0 cm³/mol. The van der Waals surface area contributed by atoms with Crippen LogP contribution >= 0.6 is 11.8 Å². The van der Waals surface area contributed by atoms with Crippen molar-refractivity contribution in [3.05, 3.63) is 57.3 Å². The Morgan fingerprint density at radius 2 is 1.92 bits per heavy atom. The van der Waals surface area contributed by atoms with Gasteiger partial charge in [-0.3, -0.25) is 4.79 Å². The molecule has 1 N–H and O–H groups in total. The second-order valence-corrected chi connectivity index (χ2v) is 6.40. The lowest BCUT2D eigenvalue weighted by molar-refractivity contribution is 0.391. The molecule has 0 spiro atoms. The summed E-state index contributed by atoms with van der Waals surface area (Å²) >= 11 is 1.36. The Balaban J connectivity index is 1.71. The van der Waals surface area contributed by atoms with Gasteiger partial charge in [-0.15, -0.1) is 0 Å². The van der Waals surface area contributed by atoms with Crippen molar-refractivity contribution < 1.29 is 4.52 Å². The maximum Gasteiger partial charge on any atom is 0.254 e. The summed E-state index contributed by atoms with van der Waals surface area (Å²) in [6, 6.07) is 8.10. The second kappa shape index (κ2) is 7.00. The minimum Gasteiger partial charge on any atom is -0.338 e. The van der Waals surface area contributed by atoms with E-state index in [1.807, 2.05) is 19.1 Å². The third-order valence-corrected chi connectivity index (χ3v) is 4.65. The summed E-state index contributed by atoms with van der Waals surface area (Å²) < 4.78 is 5.28. The number of nitrogens with one attached hydrogen (secondary N) is 1. The fourth-order valence-electron chi connectivity index (χ4n) is 2.14. The van der Waals surface area contributed by atoms with Gasteiger partial charge in [0.25, 0.3) is 5.56 Å². The van der Waals surface area contributed by atoms with E-state index < -0.39 is 0 Å². The minimum absolute atomic E-state index is 0.118. The summed E-state index contributed by atoms with van der Waals surface area (Å²) in [6.07, 6.45) is 0.996. The Kier molecular flexibility index (Phi) is 4.80. The molecule has 7 heteroatoms. The lowest BCUT2D eigenvalue weighted by Gasteiger charge is -2.01. The lowest BCUT2D eigenvalue weighted by Crippen LogP contribution is -2.14. The quantitative estimate of drug-likeness (QED) is 0.566. The molecule has 0 bridgehead atoms. The Bertz CT molecular complexity index is 900. The zero-order valence-electron chi connectivity index (χ0n) is 13.8. The molecule has 0 saturated heterocycles. The smallest absolute Gasteiger partial charge is 0.254 e. The van der Waals surface area contributed by atoms with Crippen LogP contribution in [0.3, 0.4) is 0 Å². The van der Waals surface area contributed by atoms with Gasteiger partial charge >= 0.3 is 0 Å². The maximum absolute atomic E-state index is 11.8. The van der Waals surface area contributed by atoms with Gasteiger partial charge in [-0.25, -0.2) is 4.98 Å². The van der Waals surface area contributed by atoms with Crippen molar-refractivity contribution in [2.45, 2.75) is 38.1 Å². The summed E-state index contributed by atoms with van der Waals surface area (Å²) in [5, 5.41) is 4.56. The van der Waals surface area contributed by atoms with E-state index in [1.165, 1.54) is 17.3 Å². The normalized spacial score (nSPS) is 11.0. The molecular formula is C17H18N4O2S. The number of aromatic nitrogens is 4. The zero-order valence-corrected chi connectivity index (χ0v) is 14.6. The van der Waals surface area contributed by atoms with Crippen LogP contribution in [0.2, 0.25) is 0 Å². The average molecular weight is 342 g/mol. The molecule has 0 fully saturated rings. The molecule has 2 heterocycles. The van der Waals surface area contributed by atoms with E-state index in [0.717, 1.165) is 17.7 Å². The van der Waals surface area contributed by atoms with Crippen molar-refractivity contribution in [1.82, 2.24) is 20.1 Å². The second-order valence-electron chi connectivity index (χ2n) is 5.43. The van der Waals surface area contributed by atoms with Crippen LogP contribution in [-0.2, 0) is 12.2 Å². The number of benzene rings is 1. The third kappa shape index (κ3) is 3.56. The highest BCUT2D eigenvalue weighted by Gasteiger charge is 2.11. The standard InChI is InChI=1S/C17H18N4O2S/c1-4-12-5-7-13(8-6-12)15-19-14(23-21-15)9-24-17-18-11(3)10(2)16(22)20-17/h5-8H,4,9H2,1-3H3,(H,18,20,22).